The van der Waals surface area contributed by atoms with Crippen LogP contribution in [0, 0.1) is 0 Å². The standard InChI is InChI=1S/C27H30O3S/c1-21-26(28-19-22-12-6-3-7-13-22)27(2,29-20-23-14-8-4-9-15-23)18-25(30-21)31-24-16-10-5-11-17-24/h3-17,21,25-26H,18-20H2,1-2H3/t21-,25+,26-,27-/m0/s1. The van der Waals surface area contributed by atoms with Crippen LogP contribution in [0.15, 0.2) is 95.9 Å². The van der Waals surface area contributed by atoms with Gasteiger partial charge >= 0.3 is 0 Å². The van der Waals surface area contributed by atoms with E-state index in [9.17, 15) is 0 Å². The van der Waals surface area contributed by atoms with Gasteiger partial charge in [0.1, 0.15) is 11.5 Å². The molecule has 3 nitrogen and oxygen atoms in total. The summed E-state index contributed by atoms with van der Waals surface area (Å²) < 4.78 is 19.4. The Labute approximate surface area is 189 Å². The number of thioether (sulfide) groups is 1. The highest BCUT2D eigenvalue weighted by Crippen LogP contribution is 2.41. The van der Waals surface area contributed by atoms with Crippen molar-refractivity contribution in [1.29, 1.82) is 0 Å². The molecule has 0 saturated carbocycles. The average Bonchev–Trinajstić information content (AvgIpc) is 2.79. The van der Waals surface area contributed by atoms with Gasteiger partial charge in [-0.25, -0.2) is 0 Å². The first-order valence-electron chi connectivity index (χ1n) is 10.8. The molecule has 0 radical (unpaired) electrons. The predicted octanol–water partition coefficient (Wildman–Crippen LogP) is 6.47. The zero-order valence-corrected chi connectivity index (χ0v) is 19.0. The zero-order valence-electron chi connectivity index (χ0n) is 18.1. The Hall–Kier alpha value is -2.11. The summed E-state index contributed by atoms with van der Waals surface area (Å²) >= 11 is 1.75. The third-order valence-electron chi connectivity index (χ3n) is 5.66. The molecule has 162 valence electrons. The minimum Gasteiger partial charge on any atom is -0.368 e. The number of hydrogen-bond acceptors (Lipinski definition) is 4. The van der Waals surface area contributed by atoms with Gasteiger partial charge in [0.05, 0.1) is 24.9 Å². The fraction of sp³-hybridized carbons (Fsp3) is 0.333. The Morgan fingerprint density at radius 2 is 1.39 bits per heavy atom. The first-order valence-corrected chi connectivity index (χ1v) is 11.7. The summed E-state index contributed by atoms with van der Waals surface area (Å²) in [7, 11) is 0. The summed E-state index contributed by atoms with van der Waals surface area (Å²) in [5.74, 6) is 0. The lowest BCUT2D eigenvalue weighted by molar-refractivity contribution is -0.231. The Kier molecular flexibility index (Phi) is 7.46. The van der Waals surface area contributed by atoms with Crippen molar-refractivity contribution in [1.82, 2.24) is 0 Å². The molecule has 0 amide bonds. The van der Waals surface area contributed by atoms with Crippen molar-refractivity contribution in [2.45, 2.75) is 61.6 Å². The smallest absolute Gasteiger partial charge is 0.113 e. The van der Waals surface area contributed by atoms with Gasteiger partial charge in [-0.2, -0.15) is 0 Å². The first-order chi connectivity index (χ1) is 15.1. The molecule has 4 rings (SSSR count). The highest BCUT2D eigenvalue weighted by molar-refractivity contribution is 7.99. The minimum atomic E-state index is -0.464. The van der Waals surface area contributed by atoms with Crippen molar-refractivity contribution in [2.24, 2.45) is 0 Å². The fourth-order valence-corrected chi connectivity index (χ4v) is 5.32. The van der Waals surface area contributed by atoms with E-state index in [1.54, 1.807) is 11.8 Å². The third kappa shape index (κ3) is 5.98. The van der Waals surface area contributed by atoms with Gasteiger partial charge in [-0.3, -0.25) is 0 Å². The molecule has 0 spiro atoms. The summed E-state index contributed by atoms with van der Waals surface area (Å²) in [5, 5.41) is 0. The summed E-state index contributed by atoms with van der Waals surface area (Å²) in [4.78, 5) is 1.20. The average molecular weight is 435 g/mol. The molecule has 31 heavy (non-hydrogen) atoms. The van der Waals surface area contributed by atoms with Crippen LogP contribution in [0.2, 0.25) is 0 Å². The number of rotatable bonds is 8. The summed E-state index contributed by atoms with van der Waals surface area (Å²) in [6.45, 7) is 5.36. The van der Waals surface area contributed by atoms with Crippen molar-refractivity contribution in [3.63, 3.8) is 0 Å². The quantitative estimate of drug-likeness (QED) is 0.406. The molecular formula is C27H30O3S. The van der Waals surface area contributed by atoms with Gasteiger partial charge in [0.15, 0.2) is 0 Å². The lowest BCUT2D eigenvalue weighted by Crippen LogP contribution is -2.56. The molecule has 3 aromatic carbocycles. The van der Waals surface area contributed by atoms with Crippen LogP contribution in [0.25, 0.3) is 0 Å². The maximum atomic E-state index is 6.58. The van der Waals surface area contributed by atoms with E-state index in [0.717, 1.165) is 17.5 Å². The van der Waals surface area contributed by atoms with Gasteiger partial charge < -0.3 is 14.2 Å². The van der Waals surface area contributed by atoms with Gasteiger partial charge in [-0.1, -0.05) is 90.6 Å². The molecule has 3 aromatic rings. The lowest BCUT2D eigenvalue weighted by atomic mass is 9.88. The summed E-state index contributed by atoms with van der Waals surface area (Å²) in [5.41, 5.74) is 1.86. The molecule has 1 aliphatic heterocycles. The Morgan fingerprint density at radius 3 is 2.00 bits per heavy atom. The molecule has 0 aliphatic carbocycles. The minimum absolute atomic E-state index is 0.00903. The van der Waals surface area contributed by atoms with Gasteiger partial charge in [0, 0.05) is 11.3 Å². The van der Waals surface area contributed by atoms with Crippen LogP contribution in [-0.4, -0.2) is 23.2 Å². The van der Waals surface area contributed by atoms with Crippen molar-refractivity contribution in [3.8, 4) is 0 Å². The Bertz CT molecular complexity index is 919. The van der Waals surface area contributed by atoms with Crippen molar-refractivity contribution >= 4 is 11.8 Å². The molecule has 1 saturated heterocycles. The van der Waals surface area contributed by atoms with Crippen molar-refractivity contribution < 1.29 is 14.2 Å². The largest absolute Gasteiger partial charge is 0.368 e. The van der Waals surface area contributed by atoms with Crippen LogP contribution in [-0.2, 0) is 27.4 Å². The normalized spacial score (nSPS) is 25.9. The van der Waals surface area contributed by atoms with Crippen molar-refractivity contribution in [2.75, 3.05) is 0 Å². The molecule has 0 N–H and O–H groups in total. The molecule has 4 atom stereocenters. The van der Waals surface area contributed by atoms with E-state index in [4.69, 9.17) is 14.2 Å². The molecule has 1 heterocycles. The van der Waals surface area contributed by atoms with Gasteiger partial charge in [-0.05, 0) is 37.1 Å². The fourth-order valence-electron chi connectivity index (χ4n) is 4.06. The van der Waals surface area contributed by atoms with E-state index >= 15 is 0 Å². The van der Waals surface area contributed by atoms with E-state index in [-0.39, 0.29) is 17.6 Å². The first kappa shape index (κ1) is 22.1. The Balaban J connectivity index is 1.50. The maximum absolute atomic E-state index is 6.58. The van der Waals surface area contributed by atoms with E-state index in [1.807, 2.05) is 42.5 Å². The van der Waals surface area contributed by atoms with Crippen LogP contribution < -0.4 is 0 Å². The van der Waals surface area contributed by atoms with Crippen LogP contribution in [0.1, 0.15) is 31.4 Å². The van der Waals surface area contributed by atoms with Crippen LogP contribution in [0.3, 0.4) is 0 Å². The molecule has 4 heteroatoms. The Morgan fingerprint density at radius 1 is 0.839 bits per heavy atom. The van der Waals surface area contributed by atoms with Crippen LogP contribution in [0.5, 0.6) is 0 Å². The number of benzene rings is 3. The molecule has 1 fully saturated rings. The van der Waals surface area contributed by atoms with Crippen LogP contribution >= 0.6 is 11.8 Å². The van der Waals surface area contributed by atoms with Crippen molar-refractivity contribution in [3.05, 3.63) is 102 Å². The molecule has 0 bridgehead atoms. The second kappa shape index (κ2) is 10.5. The monoisotopic (exact) mass is 434 g/mol. The molecular weight excluding hydrogens is 404 g/mol. The topological polar surface area (TPSA) is 27.7 Å². The number of ether oxygens (including phenoxy) is 3. The second-order valence-electron chi connectivity index (χ2n) is 8.21. The SMILES string of the molecule is C[C@@H]1O[C@H](Sc2ccccc2)C[C@](C)(OCc2ccccc2)[C@H]1OCc1ccccc1. The van der Waals surface area contributed by atoms with E-state index < -0.39 is 5.60 Å². The van der Waals surface area contributed by atoms with E-state index in [1.165, 1.54) is 4.90 Å². The van der Waals surface area contributed by atoms with Gasteiger partial charge in [0.2, 0.25) is 0 Å². The summed E-state index contributed by atoms with van der Waals surface area (Å²) in [6, 6.07) is 31.0. The third-order valence-corrected chi connectivity index (χ3v) is 6.75. The van der Waals surface area contributed by atoms with E-state index in [0.29, 0.717) is 13.2 Å². The second-order valence-corrected chi connectivity index (χ2v) is 9.44. The number of hydrogen-bond donors (Lipinski definition) is 0. The van der Waals surface area contributed by atoms with Crippen LogP contribution in [0.4, 0.5) is 0 Å². The lowest BCUT2D eigenvalue weighted by Gasteiger charge is -2.47. The predicted molar refractivity (Wildman–Crippen MR) is 126 cm³/mol. The molecule has 1 aliphatic rings. The maximum Gasteiger partial charge on any atom is 0.113 e. The van der Waals surface area contributed by atoms with E-state index in [2.05, 4.69) is 62.4 Å². The van der Waals surface area contributed by atoms with Gasteiger partial charge in [-0.15, -0.1) is 0 Å². The van der Waals surface area contributed by atoms with Gasteiger partial charge in [0.25, 0.3) is 0 Å². The summed E-state index contributed by atoms with van der Waals surface area (Å²) in [6.07, 6.45) is 0.506. The zero-order chi connectivity index (χ0) is 21.5. The molecule has 0 unspecified atom stereocenters. The highest BCUT2D eigenvalue weighted by Gasteiger charge is 2.47. The highest BCUT2D eigenvalue weighted by atomic mass is 32.2. The molecule has 0 aromatic heterocycles.